The number of rotatable bonds is 6. The molecule has 3 heterocycles. The Morgan fingerprint density at radius 2 is 1.79 bits per heavy atom. The van der Waals surface area contributed by atoms with Crippen molar-refractivity contribution in [2.24, 2.45) is 0 Å². The SMILES string of the molecule is O=C(O)CN1CCC(CO)(NC(=O)c2ccc3c(C4CCCCC4)c4n(c3c2)CCOc2ccccc2-4)CC1. The topological polar surface area (TPSA) is 104 Å². The lowest BCUT2D eigenvalue weighted by Crippen LogP contribution is -2.58. The molecule has 6 rings (SSSR count). The number of nitrogens with one attached hydrogen (secondary N) is 1. The molecule has 2 aliphatic heterocycles. The number of likely N-dealkylation sites (tertiary alicyclic amines) is 1. The van der Waals surface area contributed by atoms with Crippen molar-refractivity contribution in [3.8, 4) is 17.0 Å². The number of carbonyl (C=O) groups excluding carboxylic acids is 1. The lowest BCUT2D eigenvalue weighted by Gasteiger charge is -2.40. The summed E-state index contributed by atoms with van der Waals surface area (Å²) in [7, 11) is 0. The van der Waals surface area contributed by atoms with Crippen LogP contribution >= 0.6 is 0 Å². The maximum Gasteiger partial charge on any atom is 0.317 e. The van der Waals surface area contributed by atoms with E-state index in [1.165, 1.54) is 48.7 Å². The normalized spacial score (nSPS) is 19.5. The number of aliphatic hydroxyl groups excluding tert-OH is 1. The van der Waals surface area contributed by atoms with Crippen molar-refractivity contribution >= 4 is 22.8 Å². The summed E-state index contributed by atoms with van der Waals surface area (Å²) in [6.45, 7) is 2.10. The molecule has 1 amide bonds. The van der Waals surface area contributed by atoms with Crippen LogP contribution in [0.3, 0.4) is 0 Å². The number of para-hydroxylation sites is 1. The molecule has 0 radical (unpaired) electrons. The number of carboxylic acid groups (broad SMARTS) is 1. The zero-order chi connectivity index (χ0) is 27.0. The largest absolute Gasteiger partial charge is 0.491 e. The predicted molar refractivity (Wildman–Crippen MR) is 149 cm³/mol. The highest BCUT2D eigenvalue weighted by molar-refractivity contribution is 6.01. The molecule has 3 aromatic rings. The Hall–Kier alpha value is -3.36. The molecule has 2 fully saturated rings. The van der Waals surface area contributed by atoms with Crippen molar-refractivity contribution in [3.05, 3.63) is 53.6 Å². The van der Waals surface area contributed by atoms with Gasteiger partial charge in [0.2, 0.25) is 0 Å². The molecule has 0 unspecified atom stereocenters. The highest BCUT2D eigenvalue weighted by Gasteiger charge is 2.36. The van der Waals surface area contributed by atoms with Crippen LogP contribution in [0.1, 0.15) is 66.8 Å². The molecular weight excluding hydrogens is 494 g/mol. The van der Waals surface area contributed by atoms with Crippen LogP contribution < -0.4 is 10.1 Å². The molecule has 8 heteroatoms. The lowest BCUT2D eigenvalue weighted by atomic mass is 9.81. The van der Waals surface area contributed by atoms with E-state index in [-0.39, 0.29) is 19.1 Å². The Balaban J connectivity index is 1.36. The number of aliphatic carboxylic acids is 1. The minimum absolute atomic E-state index is 0.0262. The molecular formula is C31H37N3O5. The molecule has 39 heavy (non-hydrogen) atoms. The van der Waals surface area contributed by atoms with E-state index in [4.69, 9.17) is 9.84 Å². The summed E-state index contributed by atoms with van der Waals surface area (Å²) in [4.78, 5) is 26.5. The molecule has 0 spiro atoms. The number of carbonyl (C=O) groups is 2. The molecule has 0 bridgehead atoms. The highest BCUT2D eigenvalue weighted by Crippen LogP contribution is 2.47. The van der Waals surface area contributed by atoms with Gasteiger partial charge < -0.3 is 24.8 Å². The zero-order valence-electron chi connectivity index (χ0n) is 22.3. The molecule has 1 aromatic heterocycles. The van der Waals surface area contributed by atoms with Gasteiger partial charge in [-0.2, -0.15) is 0 Å². The molecule has 1 saturated heterocycles. The average Bonchev–Trinajstić information content (AvgIpc) is 3.15. The third-order valence-corrected chi connectivity index (χ3v) is 8.95. The number of carboxylic acids is 1. The Labute approximate surface area is 228 Å². The van der Waals surface area contributed by atoms with E-state index in [1.54, 1.807) is 0 Å². The minimum atomic E-state index is -0.865. The maximum atomic E-state index is 13.6. The number of benzene rings is 2. The standard InChI is InChI=1S/C31H37N3O5/c35-20-31(12-14-33(15-13-31)19-27(36)37)32-30(38)22-10-11-23-25(18-22)34-16-17-39-26-9-5-4-8-24(26)29(34)28(23)21-6-2-1-3-7-21/h4-5,8-11,18,21,35H,1-3,6-7,12-17,19-20H2,(H,32,38)(H,36,37). The maximum absolute atomic E-state index is 13.6. The lowest BCUT2D eigenvalue weighted by molar-refractivity contribution is -0.138. The number of hydrogen-bond acceptors (Lipinski definition) is 5. The number of aromatic nitrogens is 1. The molecule has 206 valence electrons. The van der Waals surface area contributed by atoms with Gasteiger partial charge in [-0.05, 0) is 61.4 Å². The molecule has 0 atom stereocenters. The minimum Gasteiger partial charge on any atom is -0.491 e. The van der Waals surface area contributed by atoms with Gasteiger partial charge in [0.15, 0.2) is 0 Å². The van der Waals surface area contributed by atoms with Gasteiger partial charge in [-0.1, -0.05) is 37.5 Å². The van der Waals surface area contributed by atoms with Gasteiger partial charge in [0.1, 0.15) is 12.4 Å². The summed E-state index contributed by atoms with van der Waals surface area (Å²) in [5.74, 6) is 0.318. The highest BCUT2D eigenvalue weighted by atomic mass is 16.5. The van der Waals surface area contributed by atoms with Gasteiger partial charge in [0.25, 0.3) is 5.91 Å². The van der Waals surface area contributed by atoms with Crippen LogP contribution in [0.2, 0.25) is 0 Å². The van der Waals surface area contributed by atoms with E-state index < -0.39 is 11.5 Å². The fourth-order valence-corrected chi connectivity index (χ4v) is 6.85. The Morgan fingerprint density at radius 1 is 1.03 bits per heavy atom. The quantitative estimate of drug-likeness (QED) is 0.436. The Morgan fingerprint density at radius 3 is 2.54 bits per heavy atom. The number of piperidine rings is 1. The van der Waals surface area contributed by atoms with E-state index >= 15 is 0 Å². The number of hydrogen-bond donors (Lipinski definition) is 3. The van der Waals surface area contributed by atoms with Crippen molar-refractivity contribution in [2.75, 3.05) is 32.8 Å². The van der Waals surface area contributed by atoms with E-state index in [0.29, 0.717) is 50.6 Å². The van der Waals surface area contributed by atoms with Crippen molar-refractivity contribution in [2.45, 2.75) is 62.9 Å². The second-order valence-electron chi connectivity index (χ2n) is 11.4. The van der Waals surface area contributed by atoms with Crippen molar-refractivity contribution in [1.82, 2.24) is 14.8 Å². The predicted octanol–water partition coefficient (Wildman–Crippen LogP) is 4.39. The van der Waals surface area contributed by atoms with Crippen molar-refractivity contribution in [1.29, 1.82) is 0 Å². The summed E-state index contributed by atoms with van der Waals surface area (Å²) in [5.41, 5.74) is 4.58. The first kappa shape index (κ1) is 25.9. The van der Waals surface area contributed by atoms with Crippen LogP contribution in [0.25, 0.3) is 22.2 Å². The van der Waals surface area contributed by atoms with Gasteiger partial charge in [-0.3, -0.25) is 14.5 Å². The number of fused-ring (bicyclic) bond motifs is 5. The van der Waals surface area contributed by atoms with Crippen LogP contribution in [-0.4, -0.2) is 69.9 Å². The summed E-state index contributed by atoms with van der Waals surface area (Å²) in [5, 5.41) is 23.7. The van der Waals surface area contributed by atoms with E-state index in [2.05, 4.69) is 28.1 Å². The first-order valence-corrected chi connectivity index (χ1v) is 14.2. The third-order valence-electron chi connectivity index (χ3n) is 8.95. The molecule has 8 nitrogen and oxygen atoms in total. The summed E-state index contributed by atoms with van der Waals surface area (Å²) >= 11 is 0. The van der Waals surface area contributed by atoms with Gasteiger partial charge in [-0.25, -0.2) is 0 Å². The van der Waals surface area contributed by atoms with Crippen molar-refractivity contribution < 1.29 is 24.5 Å². The second-order valence-corrected chi connectivity index (χ2v) is 11.4. The first-order valence-electron chi connectivity index (χ1n) is 14.2. The number of nitrogens with zero attached hydrogens (tertiary/aromatic N) is 2. The first-order chi connectivity index (χ1) is 19.0. The number of amides is 1. The fourth-order valence-electron chi connectivity index (χ4n) is 6.85. The molecule has 2 aromatic carbocycles. The fraction of sp³-hybridized carbons (Fsp3) is 0.484. The molecule has 1 saturated carbocycles. The van der Waals surface area contributed by atoms with Crippen molar-refractivity contribution in [3.63, 3.8) is 0 Å². The molecule has 1 aliphatic carbocycles. The van der Waals surface area contributed by atoms with E-state index in [9.17, 15) is 14.7 Å². The zero-order valence-corrected chi connectivity index (χ0v) is 22.3. The van der Waals surface area contributed by atoms with Gasteiger partial charge >= 0.3 is 5.97 Å². The van der Waals surface area contributed by atoms with Crippen LogP contribution in [0.4, 0.5) is 0 Å². The average molecular weight is 532 g/mol. The van der Waals surface area contributed by atoms with E-state index in [1.807, 2.05) is 29.2 Å². The van der Waals surface area contributed by atoms with Crippen LogP contribution in [0.5, 0.6) is 5.75 Å². The van der Waals surface area contributed by atoms with Gasteiger partial charge in [-0.15, -0.1) is 0 Å². The third kappa shape index (κ3) is 4.92. The van der Waals surface area contributed by atoms with E-state index in [0.717, 1.165) is 16.8 Å². The van der Waals surface area contributed by atoms with Crippen LogP contribution in [0.15, 0.2) is 42.5 Å². The molecule has 3 aliphatic rings. The summed E-state index contributed by atoms with van der Waals surface area (Å²) in [6.07, 6.45) is 7.13. The summed E-state index contributed by atoms with van der Waals surface area (Å²) in [6, 6.07) is 14.3. The summed E-state index contributed by atoms with van der Waals surface area (Å²) < 4.78 is 8.49. The Kier molecular flexibility index (Phi) is 7.08. The van der Waals surface area contributed by atoms with Crippen LogP contribution in [0, 0.1) is 0 Å². The Bertz CT molecular complexity index is 1380. The number of aliphatic hydroxyl groups is 1. The second kappa shape index (κ2) is 10.7. The number of ether oxygens (including phenoxy) is 1. The van der Waals surface area contributed by atoms with Gasteiger partial charge in [0, 0.05) is 35.1 Å². The molecule has 3 N–H and O–H groups in total. The van der Waals surface area contributed by atoms with Gasteiger partial charge in [0.05, 0.1) is 30.9 Å². The monoisotopic (exact) mass is 531 g/mol. The van der Waals surface area contributed by atoms with Crippen LogP contribution in [-0.2, 0) is 11.3 Å². The smallest absolute Gasteiger partial charge is 0.317 e.